The Bertz CT molecular complexity index is 728. The Balaban J connectivity index is 2.25. The molecule has 2 aromatic carbocycles. The second-order valence-corrected chi connectivity index (χ2v) is 4.23. The van der Waals surface area contributed by atoms with E-state index in [0.29, 0.717) is 11.3 Å². The average Bonchev–Trinajstić information content (AvgIpc) is 2.84. The molecule has 0 aliphatic heterocycles. The number of aldehydes is 1. The quantitative estimate of drug-likeness (QED) is 0.639. The third-order valence-corrected chi connectivity index (χ3v) is 3.00. The minimum atomic E-state index is 0.629. The fourth-order valence-corrected chi connectivity index (χ4v) is 2.07. The summed E-state index contributed by atoms with van der Waals surface area (Å²) in [6, 6.07) is 13.3. The first-order chi connectivity index (χ1) is 8.79. The molecule has 3 heteroatoms. The van der Waals surface area contributed by atoms with Crippen molar-refractivity contribution >= 4 is 17.2 Å². The molecule has 1 aromatic heterocycles. The Morgan fingerprint density at radius 3 is 2.83 bits per heavy atom. The van der Waals surface area contributed by atoms with E-state index in [2.05, 4.69) is 5.16 Å². The highest BCUT2D eigenvalue weighted by Crippen LogP contribution is 2.30. The van der Waals surface area contributed by atoms with Gasteiger partial charge >= 0.3 is 0 Å². The van der Waals surface area contributed by atoms with Crippen molar-refractivity contribution < 1.29 is 9.32 Å². The van der Waals surface area contributed by atoms with Crippen LogP contribution in [0.4, 0.5) is 0 Å². The third kappa shape index (κ3) is 1.61. The zero-order valence-electron chi connectivity index (χ0n) is 9.88. The summed E-state index contributed by atoms with van der Waals surface area (Å²) in [6.45, 7) is 2.00. The first-order valence-electron chi connectivity index (χ1n) is 5.70. The van der Waals surface area contributed by atoms with Gasteiger partial charge in [0, 0.05) is 16.5 Å². The molecule has 3 rings (SSSR count). The zero-order valence-corrected chi connectivity index (χ0v) is 9.88. The van der Waals surface area contributed by atoms with Gasteiger partial charge in [-0.2, -0.15) is 0 Å². The molecule has 3 aromatic rings. The van der Waals surface area contributed by atoms with Crippen LogP contribution in [0.25, 0.3) is 22.2 Å². The van der Waals surface area contributed by atoms with E-state index in [4.69, 9.17) is 4.52 Å². The first-order valence-corrected chi connectivity index (χ1v) is 5.70. The van der Waals surface area contributed by atoms with Crippen LogP contribution in [-0.2, 0) is 0 Å². The maximum absolute atomic E-state index is 10.8. The van der Waals surface area contributed by atoms with Crippen molar-refractivity contribution in [3.05, 3.63) is 53.6 Å². The van der Waals surface area contributed by atoms with Gasteiger partial charge < -0.3 is 4.52 Å². The molecule has 3 nitrogen and oxygen atoms in total. The summed E-state index contributed by atoms with van der Waals surface area (Å²) in [5, 5.41) is 5.06. The largest absolute Gasteiger partial charge is 0.355 e. The van der Waals surface area contributed by atoms with Gasteiger partial charge in [0.15, 0.2) is 5.76 Å². The predicted molar refractivity (Wildman–Crippen MR) is 69.6 cm³/mol. The average molecular weight is 237 g/mol. The lowest BCUT2D eigenvalue weighted by molar-refractivity contribution is 0.112. The van der Waals surface area contributed by atoms with E-state index in [1.54, 1.807) is 12.1 Å². The number of aromatic nitrogens is 1. The van der Waals surface area contributed by atoms with Crippen LogP contribution in [0.2, 0.25) is 0 Å². The highest BCUT2D eigenvalue weighted by atomic mass is 16.5. The molecular weight excluding hydrogens is 226 g/mol. The van der Waals surface area contributed by atoms with E-state index in [1.807, 2.05) is 37.3 Å². The fourth-order valence-electron chi connectivity index (χ4n) is 2.07. The van der Waals surface area contributed by atoms with Crippen molar-refractivity contribution in [2.45, 2.75) is 6.92 Å². The molecule has 18 heavy (non-hydrogen) atoms. The lowest BCUT2D eigenvalue weighted by Crippen LogP contribution is -1.81. The normalized spacial score (nSPS) is 10.7. The van der Waals surface area contributed by atoms with Gasteiger partial charge in [-0.15, -0.1) is 0 Å². The Morgan fingerprint density at radius 2 is 2.00 bits per heavy atom. The molecule has 88 valence electrons. The van der Waals surface area contributed by atoms with Gasteiger partial charge in [-0.25, -0.2) is 0 Å². The molecule has 0 aliphatic rings. The lowest BCUT2D eigenvalue weighted by Gasteiger charge is -1.98. The molecule has 0 saturated carbocycles. The number of carbonyl (C=O) groups is 1. The maximum atomic E-state index is 10.8. The molecule has 0 fully saturated rings. The van der Waals surface area contributed by atoms with E-state index in [-0.39, 0.29) is 0 Å². The van der Waals surface area contributed by atoms with Gasteiger partial charge in [-0.1, -0.05) is 35.5 Å². The van der Waals surface area contributed by atoms with Crippen LogP contribution in [0, 0.1) is 6.92 Å². The van der Waals surface area contributed by atoms with E-state index >= 15 is 0 Å². The zero-order chi connectivity index (χ0) is 12.5. The van der Waals surface area contributed by atoms with Crippen LogP contribution in [0.15, 0.2) is 47.0 Å². The Labute approximate surface area is 104 Å². The molecule has 0 N–H and O–H groups in total. The standard InChI is InChI=1S/C15H11NO2/c1-10-4-2-7-13-14(10)16-18-15(13)12-6-3-5-11(8-12)9-17/h2-9H,1H3. The van der Waals surface area contributed by atoms with Crippen molar-refractivity contribution in [1.82, 2.24) is 5.16 Å². The van der Waals surface area contributed by atoms with Crippen molar-refractivity contribution in [3.63, 3.8) is 0 Å². The molecule has 0 aliphatic carbocycles. The first kappa shape index (κ1) is 10.7. The molecule has 1 heterocycles. The minimum absolute atomic E-state index is 0.629. The van der Waals surface area contributed by atoms with Crippen molar-refractivity contribution in [2.24, 2.45) is 0 Å². The summed E-state index contributed by atoms with van der Waals surface area (Å²) in [5.41, 5.74) is 3.44. The van der Waals surface area contributed by atoms with Crippen molar-refractivity contribution in [2.75, 3.05) is 0 Å². The third-order valence-electron chi connectivity index (χ3n) is 3.00. The summed E-state index contributed by atoms with van der Waals surface area (Å²) in [5.74, 6) is 0.706. The van der Waals surface area contributed by atoms with Gasteiger partial charge in [0.05, 0.1) is 0 Å². The smallest absolute Gasteiger partial charge is 0.174 e. The van der Waals surface area contributed by atoms with Crippen molar-refractivity contribution in [3.8, 4) is 11.3 Å². The number of fused-ring (bicyclic) bond motifs is 1. The second kappa shape index (κ2) is 4.11. The molecule has 0 atom stereocenters. The topological polar surface area (TPSA) is 43.1 Å². The minimum Gasteiger partial charge on any atom is -0.355 e. The van der Waals surface area contributed by atoms with Crippen LogP contribution in [-0.4, -0.2) is 11.4 Å². The molecule has 0 radical (unpaired) electrons. The predicted octanol–water partition coefficient (Wildman–Crippen LogP) is 3.62. The number of rotatable bonds is 2. The number of carbonyl (C=O) groups excluding carboxylic acids is 1. The maximum Gasteiger partial charge on any atom is 0.174 e. The van der Waals surface area contributed by atoms with Gasteiger partial charge in [-0.3, -0.25) is 4.79 Å². The number of aryl methyl sites for hydroxylation is 1. The highest BCUT2D eigenvalue weighted by Gasteiger charge is 2.11. The Hall–Kier alpha value is -2.42. The molecular formula is C15H11NO2. The summed E-state index contributed by atoms with van der Waals surface area (Å²) < 4.78 is 5.42. The fraction of sp³-hybridized carbons (Fsp3) is 0.0667. The number of nitrogens with zero attached hydrogens (tertiary/aromatic N) is 1. The van der Waals surface area contributed by atoms with E-state index in [9.17, 15) is 4.79 Å². The summed E-state index contributed by atoms with van der Waals surface area (Å²) in [4.78, 5) is 10.8. The van der Waals surface area contributed by atoms with Gasteiger partial charge in [0.2, 0.25) is 0 Å². The summed E-state index contributed by atoms with van der Waals surface area (Å²) >= 11 is 0. The van der Waals surface area contributed by atoms with E-state index in [1.165, 1.54) is 0 Å². The van der Waals surface area contributed by atoms with Gasteiger partial charge in [0.1, 0.15) is 11.8 Å². The molecule has 0 unspecified atom stereocenters. The molecule has 0 spiro atoms. The van der Waals surface area contributed by atoms with Gasteiger partial charge in [-0.05, 0) is 24.6 Å². The summed E-state index contributed by atoms with van der Waals surface area (Å²) in [6.07, 6.45) is 0.827. The van der Waals surface area contributed by atoms with E-state index < -0.39 is 0 Å². The lowest BCUT2D eigenvalue weighted by atomic mass is 10.0. The number of hydrogen-bond donors (Lipinski definition) is 0. The molecule has 0 saturated heterocycles. The number of hydrogen-bond acceptors (Lipinski definition) is 3. The monoisotopic (exact) mass is 237 g/mol. The van der Waals surface area contributed by atoms with E-state index in [0.717, 1.165) is 28.3 Å². The Kier molecular flexibility index (Phi) is 2.45. The second-order valence-electron chi connectivity index (χ2n) is 4.23. The van der Waals surface area contributed by atoms with Gasteiger partial charge in [0.25, 0.3) is 0 Å². The molecule has 0 amide bonds. The van der Waals surface area contributed by atoms with Crippen LogP contribution in [0.3, 0.4) is 0 Å². The van der Waals surface area contributed by atoms with Crippen molar-refractivity contribution in [1.29, 1.82) is 0 Å². The summed E-state index contributed by atoms with van der Waals surface area (Å²) in [7, 11) is 0. The SMILES string of the molecule is Cc1cccc2c(-c3cccc(C=O)c3)onc12. The Morgan fingerprint density at radius 1 is 1.17 bits per heavy atom. The van der Waals surface area contributed by atoms with Crippen LogP contribution in [0.5, 0.6) is 0 Å². The number of benzene rings is 2. The van der Waals surface area contributed by atoms with Crippen LogP contribution >= 0.6 is 0 Å². The molecule has 0 bridgehead atoms. The van der Waals surface area contributed by atoms with Crippen LogP contribution in [0.1, 0.15) is 15.9 Å². The van der Waals surface area contributed by atoms with Crippen LogP contribution < -0.4 is 0 Å². The highest BCUT2D eigenvalue weighted by molar-refractivity contribution is 5.94.